The highest BCUT2D eigenvalue weighted by atomic mass is 79.9. The van der Waals surface area contributed by atoms with Crippen LogP contribution in [0.15, 0.2) is 35.1 Å². The van der Waals surface area contributed by atoms with Crippen molar-refractivity contribution in [3.05, 3.63) is 40.2 Å². The van der Waals surface area contributed by atoms with E-state index in [0.717, 1.165) is 15.9 Å². The smallest absolute Gasteiger partial charge is 0.255 e. The lowest BCUT2D eigenvalue weighted by atomic mass is 10.3. The van der Waals surface area contributed by atoms with E-state index in [4.69, 9.17) is 16.3 Å². The van der Waals surface area contributed by atoms with Gasteiger partial charge in [-0.3, -0.25) is 0 Å². The molecule has 102 valence electrons. The number of hydrogen-bond acceptors (Lipinski definition) is 5. The number of anilines is 2. The Labute approximate surface area is 127 Å². The zero-order valence-corrected chi connectivity index (χ0v) is 12.7. The molecule has 20 heavy (non-hydrogen) atoms. The van der Waals surface area contributed by atoms with E-state index in [1.165, 1.54) is 6.33 Å². The highest BCUT2D eigenvalue weighted by molar-refractivity contribution is 9.10. The fraction of sp³-hybridized carbons (Fsp3) is 0.0833. The third kappa shape index (κ3) is 2.41. The zero-order chi connectivity index (χ0) is 14.1. The van der Waals surface area contributed by atoms with Gasteiger partial charge in [0.15, 0.2) is 0 Å². The number of nitrogens with zero attached hydrogens (tertiary/aromatic N) is 4. The van der Waals surface area contributed by atoms with E-state index in [1.54, 1.807) is 17.7 Å². The molecule has 0 spiro atoms. The number of nitrogens with one attached hydrogen (secondary N) is 1. The number of ether oxygens (including phenoxy) is 1. The minimum absolute atomic E-state index is 0.345. The highest BCUT2D eigenvalue weighted by Crippen LogP contribution is 2.29. The molecule has 8 heteroatoms. The summed E-state index contributed by atoms with van der Waals surface area (Å²) in [6, 6.07) is 7.34. The molecule has 2 aromatic heterocycles. The molecule has 0 bridgehead atoms. The minimum Gasteiger partial charge on any atom is -0.495 e. The summed E-state index contributed by atoms with van der Waals surface area (Å²) in [5.74, 6) is 1.83. The number of fused-ring (bicyclic) bond motifs is 1. The molecule has 2 heterocycles. The molecule has 0 saturated carbocycles. The SMILES string of the molecule is COc1cc(Nc2cc(Cl)nc3ncnn23)ccc1Br. The Bertz CT molecular complexity index is 776. The van der Waals surface area contributed by atoms with Gasteiger partial charge in [0.25, 0.3) is 5.78 Å². The Balaban J connectivity index is 2.02. The van der Waals surface area contributed by atoms with Crippen LogP contribution in [0, 0.1) is 0 Å². The number of rotatable bonds is 3. The first-order valence-electron chi connectivity index (χ1n) is 5.64. The second-order valence-electron chi connectivity index (χ2n) is 3.91. The molecule has 0 aliphatic carbocycles. The maximum Gasteiger partial charge on any atom is 0.255 e. The second-order valence-corrected chi connectivity index (χ2v) is 5.15. The van der Waals surface area contributed by atoms with Gasteiger partial charge in [-0.25, -0.2) is 0 Å². The van der Waals surface area contributed by atoms with Gasteiger partial charge in [-0.15, -0.1) is 0 Å². The Hall–Kier alpha value is -1.86. The molecule has 0 unspecified atom stereocenters. The van der Waals surface area contributed by atoms with Crippen LogP contribution in [0.1, 0.15) is 0 Å². The van der Waals surface area contributed by atoms with Crippen molar-refractivity contribution in [1.82, 2.24) is 19.6 Å². The van der Waals surface area contributed by atoms with E-state index in [0.29, 0.717) is 16.7 Å². The number of benzene rings is 1. The van der Waals surface area contributed by atoms with Gasteiger partial charge in [0.2, 0.25) is 0 Å². The Morgan fingerprint density at radius 3 is 3.00 bits per heavy atom. The predicted octanol–water partition coefficient (Wildman–Crippen LogP) is 3.29. The Kier molecular flexibility index (Phi) is 3.45. The molecular weight excluding hydrogens is 346 g/mol. The summed E-state index contributed by atoms with van der Waals surface area (Å²) in [4.78, 5) is 8.08. The van der Waals surface area contributed by atoms with Crippen molar-refractivity contribution in [2.45, 2.75) is 0 Å². The van der Waals surface area contributed by atoms with Crippen LogP contribution >= 0.6 is 27.5 Å². The monoisotopic (exact) mass is 353 g/mol. The molecule has 0 atom stereocenters. The molecule has 1 aromatic carbocycles. The van der Waals surface area contributed by atoms with Gasteiger partial charge in [0.05, 0.1) is 11.6 Å². The molecule has 3 aromatic rings. The lowest BCUT2D eigenvalue weighted by Crippen LogP contribution is -2.01. The number of aromatic nitrogens is 4. The molecule has 0 aliphatic heterocycles. The summed E-state index contributed by atoms with van der Waals surface area (Å²) in [5.41, 5.74) is 0.837. The quantitative estimate of drug-likeness (QED) is 0.731. The molecule has 0 saturated heterocycles. The van der Waals surface area contributed by atoms with Gasteiger partial charge in [-0.2, -0.15) is 19.6 Å². The second kappa shape index (κ2) is 5.26. The van der Waals surface area contributed by atoms with Crippen molar-refractivity contribution in [2.75, 3.05) is 12.4 Å². The van der Waals surface area contributed by atoms with E-state index in [9.17, 15) is 0 Å². The summed E-state index contributed by atoms with van der Waals surface area (Å²) >= 11 is 9.38. The summed E-state index contributed by atoms with van der Waals surface area (Å²) in [7, 11) is 1.61. The van der Waals surface area contributed by atoms with Crippen LogP contribution in [-0.2, 0) is 0 Å². The van der Waals surface area contributed by atoms with E-state index in [2.05, 4.69) is 36.3 Å². The van der Waals surface area contributed by atoms with E-state index < -0.39 is 0 Å². The van der Waals surface area contributed by atoms with Crippen LogP contribution in [0.5, 0.6) is 5.75 Å². The van der Waals surface area contributed by atoms with Crippen molar-refractivity contribution in [3.8, 4) is 5.75 Å². The first-order valence-corrected chi connectivity index (χ1v) is 6.81. The van der Waals surface area contributed by atoms with Crippen LogP contribution in [0.25, 0.3) is 5.78 Å². The van der Waals surface area contributed by atoms with Crippen molar-refractivity contribution >= 4 is 44.8 Å². The van der Waals surface area contributed by atoms with E-state index in [1.807, 2.05) is 18.2 Å². The first kappa shape index (κ1) is 13.1. The Morgan fingerprint density at radius 1 is 1.35 bits per heavy atom. The maximum absolute atomic E-state index is 5.97. The maximum atomic E-state index is 5.97. The lowest BCUT2D eigenvalue weighted by Gasteiger charge is -2.10. The number of hydrogen-bond donors (Lipinski definition) is 1. The first-order chi connectivity index (χ1) is 9.67. The molecule has 0 amide bonds. The third-order valence-corrected chi connectivity index (χ3v) is 3.49. The minimum atomic E-state index is 0.345. The normalized spacial score (nSPS) is 10.8. The van der Waals surface area contributed by atoms with E-state index in [-0.39, 0.29) is 0 Å². The van der Waals surface area contributed by atoms with Crippen LogP contribution in [0.3, 0.4) is 0 Å². The van der Waals surface area contributed by atoms with Gasteiger partial charge in [0.1, 0.15) is 23.0 Å². The molecule has 0 aliphatic rings. The Morgan fingerprint density at radius 2 is 2.20 bits per heavy atom. The lowest BCUT2D eigenvalue weighted by molar-refractivity contribution is 0.412. The number of halogens is 2. The molecule has 0 fully saturated rings. The van der Waals surface area contributed by atoms with Gasteiger partial charge >= 0.3 is 0 Å². The van der Waals surface area contributed by atoms with Gasteiger partial charge in [0, 0.05) is 17.8 Å². The summed E-state index contributed by atoms with van der Waals surface area (Å²) in [5, 5.41) is 7.65. The molecule has 3 rings (SSSR count). The molecule has 6 nitrogen and oxygen atoms in total. The zero-order valence-electron chi connectivity index (χ0n) is 10.3. The molecular formula is C12H9BrClN5O. The number of methoxy groups -OCH3 is 1. The van der Waals surface area contributed by atoms with Crippen molar-refractivity contribution in [3.63, 3.8) is 0 Å². The summed E-state index contributed by atoms with van der Waals surface area (Å²) in [6.07, 6.45) is 1.42. The fourth-order valence-electron chi connectivity index (χ4n) is 1.76. The predicted molar refractivity (Wildman–Crippen MR) is 79.8 cm³/mol. The van der Waals surface area contributed by atoms with Crippen LogP contribution in [-0.4, -0.2) is 26.7 Å². The largest absolute Gasteiger partial charge is 0.495 e. The topological polar surface area (TPSA) is 64.3 Å². The van der Waals surface area contributed by atoms with Crippen LogP contribution in [0.2, 0.25) is 5.15 Å². The average Bonchev–Trinajstić information content (AvgIpc) is 2.89. The van der Waals surface area contributed by atoms with Gasteiger partial charge in [-0.05, 0) is 28.1 Å². The standard InChI is InChI=1S/C12H9BrClN5O/c1-20-9-4-7(2-3-8(9)13)17-11-5-10(14)18-12-15-6-16-19(11)12/h2-6,17H,1H3. The highest BCUT2D eigenvalue weighted by Gasteiger charge is 2.08. The summed E-state index contributed by atoms with van der Waals surface area (Å²) < 4.78 is 7.71. The molecule has 1 N–H and O–H groups in total. The average molecular weight is 355 g/mol. The molecule has 0 radical (unpaired) electrons. The van der Waals surface area contributed by atoms with Crippen molar-refractivity contribution in [1.29, 1.82) is 0 Å². The van der Waals surface area contributed by atoms with E-state index >= 15 is 0 Å². The van der Waals surface area contributed by atoms with Crippen LogP contribution in [0.4, 0.5) is 11.5 Å². The fourth-order valence-corrected chi connectivity index (χ4v) is 2.35. The van der Waals surface area contributed by atoms with Crippen molar-refractivity contribution in [2.24, 2.45) is 0 Å². The van der Waals surface area contributed by atoms with Crippen LogP contribution < -0.4 is 10.1 Å². The van der Waals surface area contributed by atoms with Gasteiger partial charge in [-0.1, -0.05) is 11.6 Å². The summed E-state index contributed by atoms with van der Waals surface area (Å²) in [6.45, 7) is 0. The van der Waals surface area contributed by atoms with Crippen molar-refractivity contribution < 1.29 is 4.74 Å². The van der Waals surface area contributed by atoms with Gasteiger partial charge < -0.3 is 10.1 Å². The third-order valence-electron chi connectivity index (χ3n) is 2.64.